The Labute approximate surface area is 140 Å². The fourth-order valence-corrected chi connectivity index (χ4v) is 3.47. The van der Waals surface area contributed by atoms with Gasteiger partial charge in [0.25, 0.3) is 0 Å². The molecular formula is C18H10O5S. The molecule has 0 saturated heterocycles. The van der Waals surface area contributed by atoms with E-state index in [0.29, 0.717) is 5.56 Å². The quantitative estimate of drug-likeness (QED) is 0.522. The molecule has 0 N–H and O–H groups in total. The number of fused-ring (bicyclic) bond motifs is 2. The summed E-state index contributed by atoms with van der Waals surface area (Å²) in [7, 11) is 1.22. The molecule has 0 radical (unpaired) electrons. The summed E-state index contributed by atoms with van der Waals surface area (Å²) >= 11 is 1.42. The van der Waals surface area contributed by atoms with Crippen molar-refractivity contribution in [1.29, 1.82) is 0 Å². The van der Waals surface area contributed by atoms with Crippen LogP contribution in [0.15, 0.2) is 45.5 Å². The summed E-state index contributed by atoms with van der Waals surface area (Å²) < 4.78 is 10.5. The Bertz CT molecular complexity index is 995. The van der Waals surface area contributed by atoms with E-state index in [-0.39, 0.29) is 33.8 Å². The molecule has 2 aromatic heterocycles. The van der Waals surface area contributed by atoms with Crippen molar-refractivity contribution in [2.45, 2.75) is 0 Å². The van der Waals surface area contributed by atoms with Gasteiger partial charge in [-0.3, -0.25) is 9.59 Å². The zero-order valence-corrected chi connectivity index (χ0v) is 13.3. The Balaban J connectivity index is 2.05. The van der Waals surface area contributed by atoms with Gasteiger partial charge in [-0.2, -0.15) is 11.3 Å². The SMILES string of the molecule is COC(=O)c1c(-c2ccsc2)oc2c1C(=O)c1ccccc1C2=O. The van der Waals surface area contributed by atoms with E-state index in [1.807, 2.05) is 5.38 Å². The highest BCUT2D eigenvalue weighted by Gasteiger charge is 2.39. The molecule has 0 atom stereocenters. The number of furan rings is 1. The summed E-state index contributed by atoms with van der Waals surface area (Å²) in [5.74, 6) is -1.46. The van der Waals surface area contributed by atoms with Crippen molar-refractivity contribution in [2.75, 3.05) is 7.11 Å². The number of hydrogen-bond acceptors (Lipinski definition) is 6. The van der Waals surface area contributed by atoms with Crippen LogP contribution in [0, 0.1) is 0 Å². The Kier molecular flexibility index (Phi) is 3.21. The topological polar surface area (TPSA) is 73.6 Å². The number of carbonyl (C=O) groups excluding carboxylic acids is 3. The van der Waals surface area contributed by atoms with Crippen LogP contribution in [0.1, 0.15) is 42.4 Å². The van der Waals surface area contributed by atoms with Crippen LogP contribution in [0.4, 0.5) is 0 Å². The van der Waals surface area contributed by atoms with Gasteiger partial charge in [-0.25, -0.2) is 4.79 Å². The van der Waals surface area contributed by atoms with Crippen LogP contribution in [-0.2, 0) is 4.74 Å². The molecule has 5 nitrogen and oxygen atoms in total. The molecule has 118 valence electrons. The van der Waals surface area contributed by atoms with Crippen LogP contribution in [0.25, 0.3) is 11.3 Å². The molecule has 4 rings (SSSR count). The van der Waals surface area contributed by atoms with Crippen LogP contribution in [-0.4, -0.2) is 24.6 Å². The summed E-state index contributed by atoms with van der Waals surface area (Å²) in [6.45, 7) is 0. The van der Waals surface area contributed by atoms with E-state index in [1.54, 1.807) is 35.7 Å². The van der Waals surface area contributed by atoms with Crippen LogP contribution in [0.3, 0.4) is 0 Å². The summed E-state index contributed by atoms with van der Waals surface area (Å²) in [5.41, 5.74) is 1.14. The van der Waals surface area contributed by atoms with Gasteiger partial charge in [0.15, 0.2) is 17.3 Å². The first-order chi connectivity index (χ1) is 11.6. The van der Waals surface area contributed by atoms with Gasteiger partial charge in [-0.1, -0.05) is 24.3 Å². The maximum Gasteiger partial charge on any atom is 0.342 e. The van der Waals surface area contributed by atoms with Crippen molar-refractivity contribution in [1.82, 2.24) is 0 Å². The molecule has 1 aromatic carbocycles. The lowest BCUT2D eigenvalue weighted by molar-refractivity contribution is 0.0598. The molecule has 3 aromatic rings. The summed E-state index contributed by atoms with van der Waals surface area (Å²) in [5, 5.41) is 3.59. The average molecular weight is 338 g/mol. The lowest BCUT2D eigenvalue weighted by atomic mass is 9.86. The third-order valence-electron chi connectivity index (χ3n) is 3.93. The van der Waals surface area contributed by atoms with Gasteiger partial charge in [-0.15, -0.1) is 0 Å². The molecule has 2 heterocycles. The molecule has 0 saturated carbocycles. The van der Waals surface area contributed by atoms with Crippen molar-refractivity contribution in [2.24, 2.45) is 0 Å². The van der Waals surface area contributed by atoms with Crippen LogP contribution in [0.2, 0.25) is 0 Å². The largest absolute Gasteiger partial charge is 0.465 e. The van der Waals surface area contributed by atoms with Gasteiger partial charge in [0.1, 0.15) is 5.56 Å². The molecular weight excluding hydrogens is 328 g/mol. The molecule has 1 aliphatic carbocycles. The number of thiophene rings is 1. The minimum Gasteiger partial charge on any atom is -0.465 e. The van der Waals surface area contributed by atoms with Crippen molar-refractivity contribution in [3.63, 3.8) is 0 Å². The van der Waals surface area contributed by atoms with E-state index in [9.17, 15) is 14.4 Å². The Morgan fingerprint density at radius 1 is 1.04 bits per heavy atom. The third kappa shape index (κ3) is 1.90. The Morgan fingerprint density at radius 3 is 2.38 bits per heavy atom. The fraction of sp³-hybridized carbons (Fsp3) is 0.0556. The van der Waals surface area contributed by atoms with Gasteiger partial charge in [0.2, 0.25) is 5.78 Å². The smallest absolute Gasteiger partial charge is 0.342 e. The van der Waals surface area contributed by atoms with Crippen molar-refractivity contribution in [3.8, 4) is 11.3 Å². The number of ketones is 2. The average Bonchev–Trinajstić information content (AvgIpc) is 3.26. The fourth-order valence-electron chi connectivity index (χ4n) is 2.84. The van der Waals surface area contributed by atoms with E-state index in [4.69, 9.17) is 9.15 Å². The van der Waals surface area contributed by atoms with E-state index in [1.165, 1.54) is 18.4 Å². The first-order valence-corrected chi connectivity index (χ1v) is 8.04. The number of methoxy groups -OCH3 is 1. The van der Waals surface area contributed by atoms with Crippen LogP contribution in [0.5, 0.6) is 0 Å². The molecule has 1 aliphatic rings. The standard InChI is InChI=1S/C18H10O5S/c1-22-18(21)13-12-14(19)10-4-2-3-5-11(10)15(20)17(12)23-16(13)9-6-7-24-8-9/h2-8H,1H3. The molecule has 0 fully saturated rings. The van der Waals surface area contributed by atoms with E-state index in [0.717, 1.165) is 0 Å². The predicted octanol–water partition coefficient (Wildman–Crippen LogP) is 3.57. The molecule has 0 aliphatic heterocycles. The highest BCUT2D eigenvalue weighted by molar-refractivity contribution is 7.08. The molecule has 6 heteroatoms. The van der Waals surface area contributed by atoms with Gasteiger partial charge in [-0.05, 0) is 11.4 Å². The molecule has 0 unspecified atom stereocenters. The van der Waals surface area contributed by atoms with Crippen molar-refractivity contribution >= 4 is 28.9 Å². The second-order valence-electron chi connectivity index (χ2n) is 5.22. The van der Waals surface area contributed by atoms with Gasteiger partial charge >= 0.3 is 5.97 Å². The van der Waals surface area contributed by atoms with E-state index < -0.39 is 17.5 Å². The zero-order chi connectivity index (χ0) is 16.8. The van der Waals surface area contributed by atoms with E-state index in [2.05, 4.69) is 0 Å². The lowest BCUT2D eigenvalue weighted by Crippen LogP contribution is -2.21. The van der Waals surface area contributed by atoms with Crippen molar-refractivity contribution < 1.29 is 23.5 Å². The first kappa shape index (κ1) is 14.6. The zero-order valence-electron chi connectivity index (χ0n) is 12.5. The van der Waals surface area contributed by atoms with Gasteiger partial charge < -0.3 is 9.15 Å². The van der Waals surface area contributed by atoms with Gasteiger partial charge in [0, 0.05) is 22.1 Å². The van der Waals surface area contributed by atoms with Crippen LogP contribution < -0.4 is 0 Å². The molecule has 0 amide bonds. The normalized spacial score (nSPS) is 12.7. The first-order valence-electron chi connectivity index (χ1n) is 7.09. The molecule has 24 heavy (non-hydrogen) atoms. The molecule has 0 bridgehead atoms. The minimum atomic E-state index is -0.707. The van der Waals surface area contributed by atoms with Crippen molar-refractivity contribution in [3.05, 3.63) is 69.1 Å². The Hall–Kier alpha value is -2.99. The minimum absolute atomic E-state index is 0.00115. The predicted molar refractivity (Wildman–Crippen MR) is 86.7 cm³/mol. The second-order valence-corrected chi connectivity index (χ2v) is 6.00. The number of ether oxygens (including phenoxy) is 1. The third-order valence-corrected chi connectivity index (χ3v) is 4.61. The monoisotopic (exact) mass is 338 g/mol. The number of rotatable bonds is 2. The van der Waals surface area contributed by atoms with Gasteiger partial charge in [0.05, 0.1) is 12.7 Å². The maximum atomic E-state index is 12.9. The van der Waals surface area contributed by atoms with Crippen LogP contribution >= 0.6 is 11.3 Å². The highest BCUT2D eigenvalue weighted by atomic mass is 32.1. The van der Waals surface area contributed by atoms with E-state index >= 15 is 0 Å². The molecule has 0 spiro atoms. The summed E-state index contributed by atoms with van der Waals surface area (Å²) in [4.78, 5) is 37.8. The Morgan fingerprint density at radius 2 is 1.75 bits per heavy atom. The maximum absolute atomic E-state index is 12.9. The summed E-state index contributed by atoms with van der Waals surface area (Å²) in [6, 6.07) is 8.25. The lowest BCUT2D eigenvalue weighted by Gasteiger charge is -2.13. The number of esters is 1. The second kappa shape index (κ2) is 5.28. The number of carbonyl (C=O) groups is 3. The number of benzene rings is 1. The summed E-state index contributed by atoms with van der Waals surface area (Å²) in [6.07, 6.45) is 0. The highest BCUT2D eigenvalue weighted by Crippen LogP contribution is 2.38. The number of hydrogen-bond donors (Lipinski definition) is 0.